The van der Waals surface area contributed by atoms with Gasteiger partial charge in [-0.1, -0.05) is 60.2 Å². The van der Waals surface area contributed by atoms with Gasteiger partial charge in [-0.05, 0) is 43.7 Å². The molecule has 3 aromatic rings. The molecule has 0 aliphatic carbocycles. The average molecular weight is 508 g/mol. The summed E-state index contributed by atoms with van der Waals surface area (Å²) in [6.45, 7) is 7.25. The maximum atomic E-state index is 13.8. The second-order valence-electron chi connectivity index (χ2n) is 8.87. The van der Waals surface area contributed by atoms with Gasteiger partial charge in [0.2, 0.25) is 5.91 Å². The largest absolute Gasteiger partial charge is 0.492 e. The minimum absolute atomic E-state index is 0.139. The van der Waals surface area contributed by atoms with E-state index >= 15 is 0 Å². The van der Waals surface area contributed by atoms with Crippen LogP contribution in [-0.2, 0) is 21.4 Å². The van der Waals surface area contributed by atoms with Crippen LogP contribution in [0.15, 0.2) is 83.8 Å². The second-order valence-corrected chi connectivity index (χ2v) is 10.7. The van der Waals surface area contributed by atoms with Crippen molar-refractivity contribution in [1.29, 1.82) is 0 Å². The van der Waals surface area contributed by atoms with Crippen LogP contribution in [0.4, 0.5) is 5.69 Å². The predicted molar refractivity (Wildman–Crippen MR) is 142 cm³/mol. The molecule has 4 rings (SSSR count). The van der Waals surface area contributed by atoms with Crippen LogP contribution in [0.2, 0.25) is 0 Å². The summed E-state index contributed by atoms with van der Waals surface area (Å²) in [6.07, 6.45) is 0. The molecule has 7 nitrogen and oxygen atoms in total. The Balaban J connectivity index is 1.54. The molecule has 190 valence electrons. The lowest BCUT2D eigenvalue weighted by molar-refractivity contribution is -0.131. The summed E-state index contributed by atoms with van der Waals surface area (Å²) in [4.78, 5) is 17.6. The molecule has 1 aliphatic rings. The van der Waals surface area contributed by atoms with Crippen molar-refractivity contribution in [2.75, 3.05) is 43.6 Å². The molecule has 0 aromatic heterocycles. The van der Waals surface area contributed by atoms with E-state index < -0.39 is 10.0 Å². The Morgan fingerprint density at radius 3 is 2.19 bits per heavy atom. The minimum Gasteiger partial charge on any atom is -0.492 e. The van der Waals surface area contributed by atoms with Crippen molar-refractivity contribution in [1.82, 2.24) is 9.80 Å². The van der Waals surface area contributed by atoms with Crippen molar-refractivity contribution in [2.45, 2.75) is 25.3 Å². The van der Waals surface area contributed by atoms with Crippen molar-refractivity contribution in [3.63, 3.8) is 0 Å². The normalized spacial score (nSPS) is 14.4. The third kappa shape index (κ3) is 6.06. The predicted octanol–water partition coefficient (Wildman–Crippen LogP) is 3.93. The molecule has 0 unspecified atom stereocenters. The lowest BCUT2D eigenvalue weighted by atomic mass is 10.2. The van der Waals surface area contributed by atoms with Gasteiger partial charge in [0.05, 0.1) is 17.2 Å². The molecule has 36 heavy (non-hydrogen) atoms. The number of benzene rings is 3. The molecular formula is C28H33N3O4S. The Morgan fingerprint density at radius 1 is 0.889 bits per heavy atom. The lowest BCUT2D eigenvalue weighted by Crippen LogP contribution is -2.51. The van der Waals surface area contributed by atoms with Crippen molar-refractivity contribution < 1.29 is 17.9 Å². The quantitative estimate of drug-likeness (QED) is 0.439. The molecule has 3 aromatic carbocycles. The Kier molecular flexibility index (Phi) is 8.28. The van der Waals surface area contributed by atoms with Crippen LogP contribution >= 0.6 is 0 Å². The first-order valence-electron chi connectivity index (χ1n) is 12.2. The summed E-state index contributed by atoms with van der Waals surface area (Å²) >= 11 is 0. The third-order valence-corrected chi connectivity index (χ3v) is 8.07. The number of amides is 1. The van der Waals surface area contributed by atoms with Crippen LogP contribution < -0.4 is 9.04 Å². The van der Waals surface area contributed by atoms with Crippen molar-refractivity contribution >= 4 is 21.6 Å². The van der Waals surface area contributed by atoms with Gasteiger partial charge in [-0.15, -0.1) is 0 Å². The van der Waals surface area contributed by atoms with Gasteiger partial charge in [-0.3, -0.25) is 14.0 Å². The number of hydrogen-bond donors (Lipinski definition) is 0. The third-order valence-electron chi connectivity index (χ3n) is 6.30. The Bertz CT molecular complexity index is 1260. The molecular weight excluding hydrogens is 474 g/mol. The standard InChI is InChI=1S/C28H33N3O4S/c1-3-35-27-12-8-7-11-26(27)31(36(33,34)25-15-13-23(2)14-16-25)22-28(32)30-19-17-29(18-20-30)21-24-9-5-4-6-10-24/h4-16H,3,17-22H2,1-2H3. The van der Waals surface area contributed by atoms with Crippen LogP contribution in [-0.4, -0.2) is 63.5 Å². The van der Waals surface area contributed by atoms with E-state index in [0.717, 1.165) is 25.2 Å². The average Bonchev–Trinajstić information content (AvgIpc) is 2.89. The Labute approximate surface area is 214 Å². The number of sulfonamides is 1. The molecule has 8 heteroatoms. The molecule has 1 aliphatic heterocycles. The smallest absolute Gasteiger partial charge is 0.264 e. The van der Waals surface area contributed by atoms with Gasteiger partial charge in [0.15, 0.2) is 0 Å². The topological polar surface area (TPSA) is 70.2 Å². The van der Waals surface area contributed by atoms with Crippen molar-refractivity contribution in [2.24, 2.45) is 0 Å². The fourth-order valence-electron chi connectivity index (χ4n) is 4.30. The zero-order chi connectivity index (χ0) is 25.5. The van der Waals surface area contributed by atoms with E-state index in [0.29, 0.717) is 31.1 Å². The van der Waals surface area contributed by atoms with Crippen molar-refractivity contribution in [3.05, 3.63) is 90.0 Å². The van der Waals surface area contributed by atoms with Crippen LogP contribution in [0.3, 0.4) is 0 Å². The fraction of sp³-hybridized carbons (Fsp3) is 0.321. The van der Waals surface area contributed by atoms with Gasteiger partial charge >= 0.3 is 0 Å². The second kappa shape index (κ2) is 11.6. The number of anilines is 1. The summed E-state index contributed by atoms with van der Waals surface area (Å²) in [5, 5.41) is 0. The number of rotatable bonds is 9. The van der Waals surface area contributed by atoms with Gasteiger partial charge in [0, 0.05) is 32.7 Å². The summed E-state index contributed by atoms with van der Waals surface area (Å²) < 4.78 is 34.4. The molecule has 0 spiro atoms. The van der Waals surface area contributed by atoms with E-state index in [1.807, 2.05) is 32.0 Å². The van der Waals surface area contributed by atoms with E-state index in [4.69, 9.17) is 4.74 Å². The van der Waals surface area contributed by atoms with E-state index in [2.05, 4.69) is 17.0 Å². The molecule has 0 atom stereocenters. The summed E-state index contributed by atoms with van der Waals surface area (Å²) in [5.41, 5.74) is 2.55. The van der Waals surface area contributed by atoms with Crippen LogP contribution in [0.1, 0.15) is 18.1 Å². The van der Waals surface area contributed by atoms with Gasteiger partial charge < -0.3 is 9.64 Å². The fourth-order valence-corrected chi connectivity index (χ4v) is 5.72. The van der Waals surface area contributed by atoms with E-state index in [-0.39, 0.29) is 17.3 Å². The molecule has 0 N–H and O–H groups in total. The first kappa shape index (κ1) is 25.7. The summed E-state index contributed by atoms with van der Waals surface area (Å²) in [7, 11) is -4.00. The molecule has 1 amide bonds. The summed E-state index contributed by atoms with van der Waals surface area (Å²) in [5.74, 6) is 0.201. The number of piperazine rings is 1. The number of carbonyl (C=O) groups is 1. The van der Waals surface area contributed by atoms with Gasteiger partial charge in [0.25, 0.3) is 10.0 Å². The molecule has 0 saturated carbocycles. The number of ether oxygens (including phenoxy) is 1. The van der Waals surface area contributed by atoms with Crippen molar-refractivity contribution in [3.8, 4) is 5.75 Å². The number of aryl methyl sites for hydroxylation is 1. The first-order valence-corrected chi connectivity index (χ1v) is 13.7. The number of para-hydroxylation sites is 2. The maximum absolute atomic E-state index is 13.8. The Hall–Kier alpha value is -3.36. The van der Waals surface area contributed by atoms with Crippen LogP contribution in [0.5, 0.6) is 5.75 Å². The van der Waals surface area contributed by atoms with Crippen LogP contribution in [0.25, 0.3) is 0 Å². The van der Waals surface area contributed by atoms with E-state index in [1.165, 1.54) is 9.87 Å². The molecule has 1 saturated heterocycles. The summed E-state index contributed by atoms with van der Waals surface area (Å²) in [6, 6.07) is 23.9. The van der Waals surface area contributed by atoms with Crippen LogP contribution in [0, 0.1) is 6.92 Å². The highest BCUT2D eigenvalue weighted by atomic mass is 32.2. The molecule has 1 fully saturated rings. The monoisotopic (exact) mass is 507 g/mol. The molecule has 0 radical (unpaired) electrons. The first-order chi connectivity index (χ1) is 17.4. The van der Waals surface area contributed by atoms with E-state index in [1.54, 1.807) is 53.4 Å². The number of hydrogen-bond acceptors (Lipinski definition) is 5. The Morgan fingerprint density at radius 2 is 1.53 bits per heavy atom. The highest BCUT2D eigenvalue weighted by molar-refractivity contribution is 7.92. The lowest BCUT2D eigenvalue weighted by Gasteiger charge is -2.36. The highest BCUT2D eigenvalue weighted by Crippen LogP contribution is 2.32. The van der Waals surface area contributed by atoms with Gasteiger partial charge in [-0.25, -0.2) is 8.42 Å². The molecule has 0 bridgehead atoms. The maximum Gasteiger partial charge on any atom is 0.264 e. The van der Waals surface area contributed by atoms with Gasteiger partial charge in [-0.2, -0.15) is 0 Å². The van der Waals surface area contributed by atoms with Gasteiger partial charge in [0.1, 0.15) is 12.3 Å². The zero-order valence-corrected chi connectivity index (χ0v) is 21.7. The minimum atomic E-state index is -4.00. The molecule has 1 heterocycles. The highest BCUT2D eigenvalue weighted by Gasteiger charge is 2.32. The number of carbonyl (C=O) groups excluding carboxylic acids is 1. The number of nitrogens with zero attached hydrogens (tertiary/aromatic N) is 3. The SMILES string of the molecule is CCOc1ccccc1N(CC(=O)N1CCN(Cc2ccccc2)CC1)S(=O)(=O)c1ccc(C)cc1. The van der Waals surface area contributed by atoms with E-state index in [9.17, 15) is 13.2 Å². The zero-order valence-electron chi connectivity index (χ0n) is 20.8.